The fourth-order valence-corrected chi connectivity index (χ4v) is 7.58. The second-order valence-electron chi connectivity index (χ2n) is 13.4. The van der Waals surface area contributed by atoms with E-state index in [2.05, 4.69) is 147 Å². The molecule has 1 aliphatic carbocycles. The van der Waals surface area contributed by atoms with Crippen molar-refractivity contribution in [2.24, 2.45) is 0 Å². The molecular formula is C47H34N2. The molecule has 8 aromatic rings. The fourth-order valence-electron chi connectivity index (χ4n) is 7.58. The van der Waals surface area contributed by atoms with Crippen LogP contribution in [-0.4, -0.2) is 9.97 Å². The molecule has 1 heterocycles. The van der Waals surface area contributed by atoms with Crippen LogP contribution >= 0.6 is 0 Å². The molecule has 0 atom stereocenters. The van der Waals surface area contributed by atoms with Crippen molar-refractivity contribution >= 4 is 10.8 Å². The summed E-state index contributed by atoms with van der Waals surface area (Å²) in [6.45, 7) is 4.72. The maximum atomic E-state index is 5.05. The Bertz CT molecular complexity index is 2440. The Hall–Kier alpha value is -6.12. The SMILES string of the molecule is CC1(C)c2ccc(-c3ccc(-c4cccc(-c5cc(-c6ccccc6)nc(-c6ccccc6)n5)c4)cc3)cc2-c2ccc3ccccc3c21. The molecule has 0 bridgehead atoms. The Balaban J connectivity index is 1.06. The number of hydrogen-bond acceptors (Lipinski definition) is 2. The van der Waals surface area contributed by atoms with Crippen molar-refractivity contribution < 1.29 is 0 Å². The zero-order chi connectivity index (χ0) is 33.0. The number of rotatable bonds is 5. The third kappa shape index (κ3) is 5.05. The van der Waals surface area contributed by atoms with Crippen molar-refractivity contribution in [3.63, 3.8) is 0 Å². The molecule has 0 saturated carbocycles. The van der Waals surface area contributed by atoms with Gasteiger partial charge in [0.05, 0.1) is 11.4 Å². The van der Waals surface area contributed by atoms with E-state index < -0.39 is 0 Å². The van der Waals surface area contributed by atoms with Crippen LogP contribution < -0.4 is 0 Å². The van der Waals surface area contributed by atoms with Gasteiger partial charge in [0.15, 0.2) is 5.82 Å². The van der Waals surface area contributed by atoms with Crippen LogP contribution in [0, 0.1) is 0 Å². The van der Waals surface area contributed by atoms with Gasteiger partial charge >= 0.3 is 0 Å². The zero-order valence-electron chi connectivity index (χ0n) is 27.6. The van der Waals surface area contributed by atoms with Gasteiger partial charge in [0, 0.05) is 22.1 Å². The van der Waals surface area contributed by atoms with Crippen LogP contribution in [0.4, 0.5) is 0 Å². The van der Waals surface area contributed by atoms with Crippen LogP contribution in [0.5, 0.6) is 0 Å². The highest BCUT2D eigenvalue weighted by molar-refractivity contribution is 5.98. The molecule has 49 heavy (non-hydrogen) atoms. The highest BCUT2D eigenvalue weighted by atomic mass is 14.9. The topological polar surface area (TPSA) is 25.8 Å². The predicted octanol–water partition coefficient (Wildman–Crippen LogP) is 12.3. The summed E-state index contributed by atoms with van der Waals surface area (Å²) in [4.78, 5) is 10.0. The molecule has 0 fully saturated rings. The lowest BCUT2D eigenvalue weighted by atomic mass is 9.80. The summed E-state index contributed by atoms with van der Waals surface area (Å²) in [5.41, 5.74) is 15.2. The van der Waals surface area contributed by atoms with Crippen molar-refractivity contribution in [2.45, 2.75) is 19.3 Å². The van der Waals surface area contributed by atoms with Crippen LogP contribution in [0.25, 0.3) is 78.1 Å². The molecule has 9 rings (SSSR count). The van der Waals surface area contributed by atoms with E-state index in [1.54, 1.807) is 0 Å². The van der Waals surface area contributed by atoms with Crippen molar-refractivity contribution in [1.82, 2.24) is 9.97 Å². The first-order valence-electron chi connectivity index (χ1n) is 16.9. The number of aromatic nitrogens is 2. The van der Waals surface area contributed by atoms with Crippen LogP contribution in [0.1, 0.15) is 25.0 Å². The normalized spacial score (nSPS) is 12.9. The van der Waals surface area contributed by atoms with E-state index in [0.29, 0.717) is 0 Å². The molecule has 232 valence electrons. The molecule has 0 radical (unpaired) electrons. The van der Waals surface area contributed by atoms with Gasteiger partial charge in [0.25, 0.3) is 0 Å². The predicted molar refractivity (Wildman–Crippen MR) is 204 cm³/mol. The average molecular weight is 627 g/mol. The molecule has 7 aromatic carbocycles. The molecule has 0 unspecified atom stereocenters. The van der Waals surface area contributed by atoms with E-state index >= 15 is 0 Å². The summed E-state index contributed by atoms with van der Waals surface area (Å²) < 4.78 is 0. The Morgan fingerprint density at radius 3 is 1.69 bits per heavy atom. The van der Waals surface area contributed by atoms with Crippen LogP contribution in [0.15, 0.2) is 170 Å². The number of fused-ring (bicyclic) bond motifs is 5. The van der Waals surface area contributed by atoms with Gasteiger partial charge in [-0.2, -0.15) is 0 Å². The minimum absolute atomic E-state index is 0.0493. The van der Waals surface area contributed by atoms with Gasteiger partial charge in [-0.3, -0.25) is 0 Å². The van der Waals surface area contributed by atoms with Crippen molar-refractivity contribution in [3.8, 4) is 67.3 Å². The smallest absolute Gasteiger partial charge is 0.160 e. The number of benzene rings is 7. The summed E-state index contributed by atoms with van der Waals surface area (Å²) in [6, 6.07) is 60.6. The van der Waals surface area contributed by atoms with Gasteiger partial charge in [-0.05, 0) is 73.5 Å². The Morgan fingerprint density at radius 2 is 0.959 bits per heavy atom. The van der Waals surface area contributed by atoms with Gasteiger partial charge in [-0.15, -0.1) is 0 Å². The molecular weight excluding hydrogens is 593 g/mol. The van der Waals surface area contributed by atoms with E-state index in [1.807, 2.05) is 36.4 Å². The van der Waals surface area contributed by atoms with Crippen molar-refractivity contribution in [1.29, 1.82) is 0 Å². The summed E-state index contributed by atoms with van der Waals surface area (Å²) in [6.07, 6.45) is 0. The zero-order valence-corrected chi connectivity index (χ0v) is 27.6. The molecule has 0 aliphatic heterocycles. The van der Waals surface area contributed by atoms with E-state index in [0.717, 1.165) is 39.5 Å². The van der Waals surface area contributed by atoms with E-state index in [4.69, 9.17) is 9.97 Å². The first kappa shape index (κ1) is 29.1. The third-order valence-electron chi connectivity index (χ3n) is 10.1. The average Bonchev–Trinajstić information content (AvgIpc) is 3.41. The van der Waals surface area contributed by atoms with Crippen LogP contribution in [0.3, 0.4) is 0 Å². The number of hydrogen-bond donors (Lipinski definition) is 0. The van der Waals surface area contributed by atoms with Gasteiger partial charge < -0.3 is 0 Å². The molecule has 0 saturated heterocycles. The van der Waals surface area contributed by atoms with E-state index in [9.17, 15) is 0 Å². The molecule has 0 spiro atoms. The summed E-state index contributed by atoms with van der Waals surface area (Å²) in [5.74, 6) is 0.722. The lowest BCUT2D eigenvalue weighted by Crippen LogP contribution is -2.15. The third-order valence-corrected chi connectivity index (χ3v) is 10.1. The van der Waals surface area contributed by atoms with E-state index in [1.165, 1.54) is 49.7 Å². The van der Waals surface area contributed by atoms with Gasteiger partial charge in [0.1, 0.15) is 0 Å². The Labute approximate surface area is 287 Å². The van der Waals surface area contributed by atoms with Gasteiger partial charge in [-0.1, -0.05) is 166 Å². The van der Waals surface area contributed by atoms with E-state index in [-0.39, 0.29) is 5.41 Å². The lowest BCUT2D eigenvalue weighted by Gasteiger charge is -2.23. The molecule has 0 amide bonds. The fraction of sp³-hybridized carbons (Fsp3) is 0.0638. The number of nitrogens with zero attached hydrogens (tertiary/aromatic N) is 2. The monoisotopic (exact) mass is 626 g/mol. The highest BCUT2D eigenvalue weighted by Gasteiger charge is 2.36. The van der Waals surface area contributed by atoms with Gasteiger partial charge in [0.2, 0.25) is 0 Å². The first-order valence-corrected chi connectivity index (χ1v) is 16.9. The molecule has 2 nitrogen and oxygen atoms in total. The minimum atomic E-state index is -0.0493. The van der Waals surface area contributed by atoms with Crippen LogP contribution in [0.2, 0.25) is 0 Å². The maximum Gasteiger partial charge on any atom is 0.160 e. The van der Waals surface area contributed by atoms with Crippen LogP contribution in [-0.2, 0) is 5.41 Å². The second kappa shape index (κ2) is 11.5. The maximum absolute atomic E-state index is 5.05. The minimum Gasteiger partial charge on any atom is -0.228 e. The quantitative estimate of drug-likeness (QED) is 0.190. The molecule has 2 heteroatoms. The van der Waals surface area contributed by atoms with Gasteiger partial charge in [-0.25, -0.2) is 9.97 Å². The molecule has 1 aromatic heterocycles. The first-order chi connectivity index (χ1) is 24.0. The summed E-state index contributed by atoms with van der Waals surface area (Å²) in [5, 5.41) is 2.65. The Kier molecular flexibility index (Phi) is 6.84. The lowest BCUT2D eigenvalue weighted by molar-refractivity contribution is 0.666. The highest BCUT2D eigenvalue weighted by Crippen LogP contribution is 2.52. The second-order valence-corrected chi connectivity index (χ2v) is 13.4. The summed E-state index contributed by atoms with van der Waals surface area (Å²) in [7, 11) is 0. The molecule has 0 N–H and O–H groups in total. The van der Waals surface area contributed by atoms with Crippen molar-refractivity contribution in [2.75, 3.05) is 0 Å². The standard InChI is InChI=1S/C47H34N2/c1-47(2)42-27-25-37(29-41(42)40-26-24-33-12-9-10-19-39(33)45(40)47)32-22-20-31(21-23-32)36-17-11-18-38(28-36)44-30-43(34-13-5-3-6-14-34)48-46(49-44)35-15-7-4-8-16-35/h3-30H,1-2H3. The van der Waals surface area contributed by atoms with Crippen molar-refractivity contribution in [3.05, 3.63) is 181 Å². The largest absolute Gasteiger partial charge is 0.228 e. The summed E-state index contributed by atoms with van der Waals surface area (Å²) >= 11 is 0. The molecule has 1 aliphatic rings. The Morgan fingerprint density at radius 1 is 0.388 bits per heavy atom.